The van der Waals surface area contributed by atoms with Crippen molar-refractivity contribution < 1.29 is 32.4 Å². The molecule has 0 aromatic heterocycles. The number of benzene rings is 2. The zero-order valence-electron chi connectivity index (χ0n) is 11.3. The lowest BCUT2D eigenvalue weighted by Crippen LogP contribution is -3.00. The van der Waals surface area contributed by atoms with Gasteiger partial charge in [-0.3, -0.25) is 0 Å². The van der Waals surface area contributed by atoms with Gasteiger partial charge in [-0.2, -0.15) is 0 Å². The molecule has 104 valence electrons. The maximum absolute atomic E-state index is 5.44. The second kappa shape index (κ2) is 6.50. The van der Waals surface area contributed by atoms with Crippen molar-refractivity contribution in [1.82, 2.24) is 0 Å². The molecule has 19 heavy (non-hydrogen) atoms. The highest BCUT2D eigenvalue weighted by atomic mass is 35.5. The second-order valence-corrected chi connectivity index (χ2v) is 3.95. The van der Waals surface area contributed by atoms with E-state index >= 15 is 0 Å². The normalized spacial score (nSPS) is 9.89. The Morgan fingerprint density at radius 3 is 2.16 bits per heavy atom. The van der Waals surface area contributed by atoms with Crippen molar-refractivity contribution >= 4 is 10.8 Å². The fourth-order valence-corrected chi connectivity index (χ4v) is 2.08. The summed E-state index contributed by atoms with van der Waals surface area (Å²) in [5, 5.41) is 2.07. The van der Waals surface area contributed by atoms with E-state index < -0.39 is 0 Å². The van der Waals surface area contributed by atoms with Crippen molar-refractivity contribution in [2.24, 2.45) is 0 Å². The monoisotopic (exact) mass is 283 g/mol. The van der Waals surface area contributed by atoms with Crippen molar-refractivity contribution in [2.75, 3.05) is 21.3 Å². The number of halogens is 1. The summed E-state index contributed by atoms with van der Waals surface area (Å²) in [5.41, 5.74) is 5.07. The predicted octanol–water partition coefficient (Wildman–Crippen LogP) is -1.39. The van der Waals surface area contributed by atoms with E-state index in [0.29, 0.717) is 17.2 Å². The van der Waals surface area contributed by atoms with Crippen LogP contribution in [0.2, 0.25) is 0 Å². The van der Waals surface area contributed by atoms with E-state index in [9.17, 15) is 0 Å². The quantitative estimate of drug-likeness (QED) is 0.752. The van der Waals surface area contributed by atoms with E-state index in [2.05, 4.69) is 11.8 Å². The van der Waals surface area contributed by atoms with Gasteiger partial charge in [0.25, 0.3) is 0 Å². The molecule has 0 bridgehead atoms. The van der Waals surface area contributed by atoms with Crippen LogP contribution in [0.5, 0.6) is 17.2 Å². The van der Waals surface area contributed by atoms with Crippen LogP contribution >= 0.6 is 0 Å². The maximum Gasteiger partial charge on any atom is 0.203 e. The third kappa shape index (κ3) is 2.69. The lowest BCUT2D eigenvalue weighted by molar-refractivity contribution is -0.386. The number of ether oxygens (including phenoxy) is 3. The summed E-state index contributed by atoms with van der Waals surface area (Å²) in [6, 6.07) is 8.11. The van der Waals surface area contributed by atoms with Gasteiger partial charge in [0.05, 0.1) is 27.9 Å². The van der Waals surface area contributed by atoms with E-state index in [1.54, 1.807) is 21.3 Å². The van der Waals surface area contributed by atoms with Crippen LogP contribution in [0.1, 0.15) is 5.56 Å². The number of hydrogen-bond acceptors (Lipinski definition) is 3. The van der Waals surface area contributed by atoms with E-state index in [-0.39, 0.29) is 12.4 Å². The topological polar surface area (TPSA) is 55.3 Å². The fraction of sp³-hybridized carbons (Fsp3) is 0.286. The minimum absolute atomic E-state index is 0. The number of hydrogen-bond donors (Lipinski definition) is 1. The first-order chi connectivity index (χ1) is 8.74. The van der Waals surface area contributed by atoms with Gasteiger partial charge in [-0.25, -0.2) is 0 Å². The first-order valence-electron chi connectivity index (χ1n) is 5.76. The lowest BCUT2D eigenvalue weighted by Gasteiger charge is -2.15. The Morgan fingerprint density at radius 1 is 0.947 bits per heavy atom. The standard InChI is InChI=1S/C14H17NO3.ClH/c1-16-12-7-10-6-9(8-15)4-5-11(10)13(17-2)14(12)18-3;/h4-7H,8,15H2,1-3H3;1H. The Labute approximate surface area is 118 Å². The van der Waals surface area contributed by atoms with Gasteiger partial charge in [0.1, 0.15) is 0 Å². The molecule has 0 heterocycles. The average Bonchev–Trinajstić information content (AvgIpc) is 2.44. The van der Waals surface area contributed by atoms with Crippen LogP contribution in [0, 0.1) is 0 Å². The van der Waals surface area contributed by atoms with E-state index in [1.165, 1.54) is 5.56 Å². The number of rotatable bonds is 4. The molecule has 0 radical (unpaired) electrons. The largest absolute Gasteiger partial charge is 1.00 e. The Bertz CT molecular complexity index is 572. The molecule has 0 amide bonds. The minimum Gasteiger partial charge on any atom is -1.00 e. The Kier molecular flexibility index (Phi) is 5.27. The van der Waals surface area contributed by atoms with Gasteiger partial charge >= 0.3 is 0 Å². The molecule has 2 aromatic rings. The van der Waals surface area contributed by atoms with E-state index in [0.717, 1.165) is 17.3 Å². The summed E-state index contributed by atoms with van der Waals surface area (Å²) in [5.74, 6) is 1.99. The molecule has 0 saturated heterocycles. The molecule has 0 aliphatic rings. The van der Waals surface area contributed by atoms with Gasteiger partial charge in [-0.05, 0) is 17.5 Å². The van der Waals surface area contributed by atoms with E-state index in [1.807, 2.05) is 18.2 Å². The molecule has 0 aliphatic carbocycles. The average molecular weight is 284 g/mol. The molecule has 0 saturated carbocycles. The van der Waals surface area contributed by atoms with Crippen LogP contribution in [-0.4, -0.2) is 21.3 Å². The van der Waals surface area contributed by atoms with Crippen molar-refractivity contribution in [3.63, 3.8) is 0 Å². The zero-order valence-corrected chi connectivity index (χ0v) is 12.1. The van der Waals surface area contributed by atoms with Crippen molar-refractivity contribution in [3.05, 3.63) is 29.8 Å². The molecule has 0 spiro atoms. The summed E-state index contributed by atoms with van der Waals surface area (Å²) < 4.78 is 16.1. The van der Waals surface area contributed by atoms with Crippen molar-refractivity contribution in [3.8, 4) is 17.2 Å². The zero-order chi connectivity index (χ0) is 13.1. The predicted molar refractivity (Wildman–Crippen MR) is 70.2 cm³/mol. The molecular formula is C14H18ClNO3. The maximum atomic E-state index is 5.44. The van der Waals surface area contributed by atoms with Gasteiger partial charge in [0, 0.05) is 10.9 Å². The summed E-state index contributed by atoms with van der Waals surface area (Å²) >= 11 is 0. The summed E-state index contributed by atoms with van der Waals surface area (Å²) in [6.45, 7) is 0.757. The van der Waals surface area contributed by atoms with Crippen LogP contribution in [0.3, 0.4) is 0 Å². The third-order valence-corrected chi connectivity index (χ3v) is 2.99. The smallest absolute Gasteiger partial charge is 0.203 e. The summed E-state index contributed by atoms with van der Waals surface area (Å²) in [6.07, 6.45) is 0. The molecule has 2 aromatic carbocycles. The molecule has 3 N–H and O–H groups in total. The Morgan fingerprint density at radius 2 is 1.63 bits per heavy atom. The third-order valence-electron chi connectivity index (χ3n) is 2.99. The molecule has 0 atom stereocenters. The summed E-state index contributed by atoms with van der Waals surface area (Å²) in [4.78, 5) is 0. The highest BCUT2D eigenvalue weighted by Crippen LogP contribution is 2.43. The molecular weight excluding hydrogens is 266 g/mol. The van der Waals surface area contributed by atoms with Crippen molar-refractivity contribution in [1.29, 1.82) is 0 Å². The molecule has 0 unspecified atom stereocenters. The Hall–Kier alpha value is -1.65. The molecule has 4 nitrogen and oxygen atoms in total. The lowest BCUT2D eigenvalue weighted by atomic mass is 10.0. The summed E-state index contributed by atoms with van der Waals surface area (Å²) in [7, 11) is 4.86. The number of fused-ring (bicyclic) bond motifs is 1. The number of quaternary nitrogens is 1. The second-order valence-electron chi connectivity index (χ2n) is 3.95. The van der Waals surface area contributed by atoms with E-state index in [4.69, 9.17) is 14.2 Å². The first kappa shape index (κ1) is 15.4. The molecule has 0 fully saturated rings. The molecule has 5 heteroatoms. The van der Waals surface area contributed by atoms with Crippen molar-refractivity contribution in [2.45, 2.75) is 6.54 Å². The van der Waals surface area contributed by atoms with Crippen LogP contribution < -0.4 is 32.4 Å². The first-order valence-corrected chi connectivity index (χ1v) is 5.76. The SMILES string of the molecule is COc1cc2cc(C[NH3+])ccc2c(OC)c1OC.[Cl-]. The minimum atomic E-state index is 0. The van der Waals surface area contributed by atoms with Crippen LogP contribution in [0.4, 0.5) is 0 Å². The number of methoxy groups -OCH3 is 3. The molecule has 2 rings (SSSR count). The van der Waals surface area contributed by atoms with Gasteiger partial charge in [0.2, 0.25) is 5.75 Å². The fourth-order valence-electron chi connectivity index (χ4n) is 2.08. The van der Waals surface area contributed by atoms with Crippen LogP contribution in [-0.2, 0) is 6.54 Å². The van der Waals surface area contributed by atoms with Gasteiger partial charge in [0.15, 0.2) is 11.5 Å². The molecule has 0 aliphatic heterocycles. The highest BCUT2D eigenvalue weighted by Gasteiger charge is 2.15. The Balaban J connectivity index is 0.00000180. The highest BCUT2D eigenvalue weighted by molar-refractivity contribution is 5.93. The van der Waals surface area contributed by atoms with Gasteiger partial charge in [-0.15, -0.1) is 0 Å². The van der Waals surface area contributed by atoms with Gasteiger partial charge in [-0.1, -0.05) is 12.1 Å². The van der Waals surface area contributed by atoms with Crippen LogP contribution in [0.25, 0.3) is 10.8 Å². The van der Waals surface area contributed by atoms with Crippen LogP contribution in [0.15, 0.2) is 24.3 Å². The van der Waals surface area contributed by atoms with Gasteiger partial charge < -0.3 is 32.4 Å².